The summed E-state index contributed by atoms with van der Waals surface area (Å²) in [6, 6.07) is 2.88. The number of hydrogen-bond acceptors (Lipinski definition) is 2. The molecule has 1 aromatic heterocycles. The molecule has 0 bridgehead atoms. The van der Waals surface area contributed by atoms with E-state index in [1.165, 1.54) is 16.8 Å². The third-order valence-electron chi connectivity index (χ3n) is 1.13. The van der Waals surface area contributed by atoms with Gasteiger partial charge in [0.15, 0.2) is 0 Å². The molecule has 0 N–H and O–H groups in total. The lowest BCUT2D eigenvalue weighted by atomic mass is 10.6. The Morgan fingerprint density at radius 1 is 1.70 bits per heavy atom. The molecule has 1 aromatic rings. The summed E-state index contributed by atoms with van der Waals surface area (Å²) in [5.41, 5.74) is -0.119. The Hall–Kier alpha value is -0.830. The molecule has 0 radical (unpaired) electrons. The largest absolute Gasteiger partial charge is 0.268 e. The minimum Gasteiger partial charge on any atom is -0.268 e. The second kappa shape index (κ2) is 2.84. The summed E-state index contributed by atoms with van der Waals surface area (Å²) >= 11 is 5.52. The quantitative estimate of drug-likeness (QED) is 0.609. The molecule has 0 aliphatic carbocycles. The molecule has 0 spiro atoms. The fourth-order valence-corrected chi connectivity index (χ4v) is 0.805. The number of aromatic nitrogens is 2. The van der Waals surface area contributed by atoms with Crippen molar-refractivity contribution < 1.29 is 0 Å². The molecular formula is C6H7ClN2O. The van der Waals surface area contributed by atoms with E-state index in [1.807, 2.05) is 6.92 Å². The van der Waals surface area contributed by atoms with Crippen molar-refractivity contribution in [2.45, 2.75) is 13.5 Å². The van der Waals surface area contributed by atoms with Crippen LogP contribution in [0.5, 0.6) is 0 Å². The van der Waals surface area contributed by atoms with Gasteiger partial charge in [0, 0.05) is 12.6 Å². The zero-order valence-corrected chi connectivity index (χ0v) is 6.30. The van der Waals surface area contributed by atoms with Gasteiger partial charge in [-0.2, -0.15) is 5.10 Å². The molecule has 3 nitrogen and oxygen atoms in total. The SMILES string of the molecule is CCn1nc(Cl)ccc1=O. The lowest BCUT2D eigenvalue weighted by molar-refractivity contribution is 0.616. The third-order valence-corrected chi connectivity index (χ3v) is 1.34. The van der Waals surface area contributed by atoms with Crippen LogP contribution in [0, 0.1) is 0 Å². The maximum Gasteiger partial charge on any atom is 0.266 e. The van der Waals surface area contributed by atoms with E-state index in [0.29, 0.717) is 11.7 Å². The van der Waals surface area contributed by atoms with Crippen molar-refractivity contribution >= 4 is 11.6 Å². The van der Waals surface area contributed by atoms with Crippen LogP contribution < -0.4 is 5.56 Å². The monoisotopic (exact) mass is 158 g/mol. The molecule has 0 amide bonds. The maximum absolute atomic E-state index is 10.8. The summed E-state index contributed by atoms with van der Waals surface area (Å²) in [5, 5.41) is 4.11. The molecule has 0 saturated heterocycles. The van der Waals surface area contributed by atoms with Gasteiger partial charge in [-0.1, -0.05) is 11.6 Å². The van der Waals surface area contributed by atoms with Gasteiger partial charge in [-0.15, -0.1) is 0 Å². The van der Waals surface area contributed by atoms with E-state index in [4.69, 9.17) is 11.6 Å². The smallest absolute Gasteiger partial charge is 0.266 e. The van der Waals surface area contributed by atoms with Crippen molar-refractivity contribution in [2.75, 3.05) is 0 Å². The summed E-state index contributed by atoms with van der Waals surface area (Å²) in [5.74, 6) is 0. The third kappa shape index (κ3) is 1.36. The summed E-state index contributed by atoms with van der Waals surface area (Å²) in [6.45, 7) is 2.39. The van der Waals surface area contributed by atoms with E-state index in [-0.39, 0.29) is 5.56 Å². The maximum atomic E-state index is 10.8. The summed E-state index contributed by atoms with van der Waals surface area (Å²) in [4.78, 5) is 10.8. The van der Waals surface area contributed by atoms with Gasteiger partial charge in [-0.3, -0.25) is 4.79 Å². The van der Waals surface area contributed by atoms with Gasteiger partial charge in [-0.05, 0) is 13.0 Å². The number of hydrogen-bond donors (Lipinski definition) is 0. The van der Waals surface area contributed by atoms with Crippen molar-refractivity contribution in [3.63, 3.8) is 0 Å². The highest BCUT2D eigenvalue weighted by atomic mass is 35.5. The number of aryl methyl sites for hydroxylation is 1. The number of halogens is 1. The zero-order valence-electron chi connectivity index (χ0n) is 5.54. The van der Waals surface area contributed by atoms with Crippen molar-refractivity contribution in [3.05, 3.63) is 27.6 Å². The average molecular weight is 159 g/mol. The van der Waals surface area contributed by atoms with E-state index in [2.05, 4.69) is 5.10 Å². The molecule has 0 saturated carbocycles. The first kappa shape index (κ1) is 7.28. The van der Waals surface area contributed by atoms with E-state index in [1.54, 1.807) is 0 Å². The predicted molar refractivity (Wildman–Crippen MR) is 39.2 cm³/mol. The molecule has 4 heteroatoms. The predicted octanol–water partition coefficient (Wildman–Crippen LogP) is 0.917. The Morgan fingerprint density at radius 2 is 2.40 bits per heavy atom. The molecule has 0 aromatic carbocycles. The van der Waals surface area contributed by atoms with Crippen molar-refractivity contribution in [1.82, 2.24) is 9.78 Å². The molecule has 0 unspecified atom stereocenters. The second-order valence-electron chi connectivity index (χ2n) is 1.81. The molecule has 0 aliphatic heterocycles. The van der Waals surface area contributed by atoms with Gasteiger partial charge < -0.3 is 0 Å². The van der Waals surface area contributed by atoms with E-state index in [9.17, 15) is 4.79 Å². The van der Waals surface area contributed by atoms with E-state index >= 15 is 0 Å². The van der Waals surface area contributed by atoms with E-state index in [0.717, 1.165) is 0 Å². The highest BCUT2D eigenvalue weighted by molar-refractivity contribution is 6.29. The second-order valence-corrected chi connectivity index (χ2v) is 2.20. The van der Waals surface area contributed by atoms with Crippen LogP contribution in [-0.4, -0.2) is 9.78 Å². The van der Waals surface area contributed by atoms with Crippen LogP contribution in [0.4, 0.5) is 0 Å². The Morgan fingerprint density at radius 3 is 2.90 bits per heavy atom. The minimum atomic E-state index is -0.119. The van der Waals surface area contributed by atoms with Gasteiger partial charge in [0.1, 0.15) is 5.15 Å². The Kier molecular flexibility index (Phi) is 2.06. The molecule has 10 heavy (non-hydrogen) atoms. The van der Waals surface area contributed by atoms with Crippen LogP contribution in [0.2, 0.25) is 5.15 Å². The molecular weight excluding hydrogens is 152 g/mol. The molecule has 1 heterocycles. The van der Waals surface area contributed by atoms with E-state index < -0.39 is 0 Å². The lowest BCUT2D eigenvalue weighted by Crippen LogP contribution is -2.20. The van der Waals surface area contributed by atoms with Gasteiger partial charge in [0.2, 0.25) is 0 Å². The summed E-state index contributed by atoms with van der Waals surface area (Å²) in [6.07, 6.45) is 0. The van der Waals surface area contributed by atoms with Crippen LogP contribution >= 0.6 is 11.6 Å². The highest BCUT2D eigenvalue weighted by Crippen LogP contribution is 1.96. The van der Waals surface area contributed by atoms with Crippen LogP contribution in [0.1, 0.15) is 6.92 Å². The number of rotatable bonds is 1. The van der Waals surface area contributed by atoms with Gasteiger partial charge in [0.05, 0.1) is 0 Å². The van der Waals surface area contributed by atoms with Crippen LogP contribution in [0.3, 0.4) is 0 Å². The fraction of sp³-hybridized carbons (Fsp3) is 0.333. The topological polar surface area (TPSA) is 34.9 Å². The summed E-state index contributed by atoms with van der Waals surface area (Å²) < 4.78 is 1.31. The Balaban J connectivity index is 3.22. The Bertz CT molecular complexity index is 281. The minimum absolute atomic E-state index is 0.119. The molecule has 0 fully saturated rings. The average Bonchev–Trinajstić information content (AvgIpc) is 1.94. The first-order valence-electron chi connectivity index (χ1n) is 2.97. The molecule has 1 rings (SSSR count). The van der Waals surface area contributed by atoms with Gasteiger partial charge >= 0.3 is 0 Å². The van der Waals surface area contributed by atoms with Gasteiger partial charge in [0.25, 0.3) is 5.56 Å². The van der Waals surface area contributed by atoms with Crippen molar-refractivity contribution in [2.24, 2.45) is 0 Å². The highest BCUT2D eigenvalue weighted by Gasteiger charge is 1.93. The zero-order chi connectivity index (χ0) is 7.56. The first-order chi connectivity index (χ1) is 4.74. The molecule has 54 valence electrons. The standard InChI is InChI=1S/C6H7ClN2O/c1-2-9-6(10)4-3-5(7)8-9/h3-4H,2H2,1H3. The normalized spacial score (nSPS) is 9.80. The molecule has 0 aliphatic rings. The number of nitrogens with zero attached hydrogens (tertiary/aromatic N) is 2. The van der Waals surface area contributed by atoms with Crippen molar-refractivity contribution in [3.8, 4) is 0 Å². The Labute approximate surface area is 63.2 Å². The van der Waals surface area contributed by atoms with Crippen LogP contribution in [0.25, 0.3) is 0 Å². The summed E-state index contributed by atoms with van der Waals surface area (Å²) in [7, 11) is 0. The van der Waals surface area contributed by atoms with Crippen LogP contribution in [-0.2, 0) is 6.54 Å². The van der Waals surface area contributed by atoms with Gasteiger partial charge in [-0.25, -0.2) is 4.68 Å². The molecule has 0 atom stereocenters. The lowest BCUT2D eigenvalue weighted by Gasteiger charge is -1.97. The van der Waals surface area contributed by atoms with Crippen LogP contribution in [0.15, 0.2) is 16.9 Å². The fourth-order valence-electron chi connectivity index (χ4n) is 0.651. The first-order valence-corrected chi connectivity index (χ1v) is 3.35. The van der Waals surface area contributed by atoms with Crippen molar-refractivity contribution in [1.29, 1.82) is 0 Å².